The van der Waals surface area contributed by atoms with Crippen LogP contribution in [0.5, 0.6) is 17.2 Å². The number of nitrogens with one attached hydrogen (secondary N) is 1. The van der Waals surface area contributed by atoms with E-state index in [0.717, 1.165) is 40.1 Å². The van der Waals surface area contributed by atoms with Gasteiger partial charge in [0.2, 0.25) is 0 Å². The lowest BCUT2D eigenvalue weighted by Crippen LogP contribution is -2.29. The van der Waals surface area contributed by atoms with Crippen molar-refractivity contribution in [3.63, 3.8) is 0 Å². The molecule has 232 valence electrons. The molecule has 1 heterocycles. The van der Waals surface area contributed by atoms with Gasteiger partial charge in [0, 0.05) is 37.4 Å². The third-order valence-corrected chi connectivity index (χ3v) is 8.33. The monoisotopic (exact) mass is 685 g/mol. The van der Waals surface area contributed by atoms with Gasteiger partial charge in [-0.15, -0.1) is 0 Å². The van der Waals surface area contributed by atoms with Crippen LogP contribution in [0.1, 0.15) is 40.0 Å². The summed E-state index contributed by atoms with van der Waals surface area (Å²) in [5.74, 6) is 1.03. The number of hydrogen-bond donors (Lipinski definition) is 1. The van der Waals surface area contributed by atoms with Gasteiger partial charge in [-0.1, -0.05) is 41.9 Å². The van der Waals surface area contributed by atoms with E-state index in [4.69, 9.17) is 35.5 Å². The van der Waals surface area contributed by atoms with E-state index in [1.54, 1.807) is 20.4 Å². The standard InChI is InChI=1S/C33H34BrClFN3O5/c1-21(37-16-17-44-31-27(33(40)43-4)18-28(36)29(34)30(31)35)26-6-5-15-38-32(26)39(19-22-7-11-24(41-2)12-8-22)20-23-9-13-25(42-3)14-10-23/h5-15,18,21,37H,16-17,19-20H2,1-4H3. The van der Waals surface area contributed by atoms with Gasteiger partial charge in [-0.05, 0) is 70.4 Å². The summed E-state index contributed by atoms with van der Waals surface area (Å²) in [5.41, 5.74) is 3.11. The molecule has 0 radical (unpaired) electrons. The zero-order valence-electron chi connectivity index (χ0n) is 24.9. The number of hydrogen-bond acceptors (Lipinski definition) is 8. The molecule has 8 nitrogen and oxygen atoms in total. The maximum Gasteiger partial charge on any atom is 0.341 e. The van der Waals surface area contributed by atoms with E-state index in [-0.39, 0.29) is 33.5 Å². The second-order valence-corrected chi connectivity index (χ2v) is 11.0. The first kappa shape index (κ1) is 33.0. The summed E-state index contributed by atoms with van der Waals surface area (Å²) in [6, 6.07) is 20.8. The second kappa shape index (κ2) is 15.7. The number of pyridine rings is 1. The number of carbonyl (C=O) groups is 1. The van der Waals surface area contributed by atoms with Gasteiger partial charge < -0.3 is 29.2 Å². The molecule has 0 saturated heterocycles. The lowest BCUT2D eigenvalue weighted by Gasteiger charge is -2.28. The number of benzene rings is 3. The number of methoxy groups -OCH3 is 3. The van der Waals surface area contributed by atoms with Crippen LogP contribution in [0.2, 0.25) is 5.02 Å². The summed E-state index contributed by atoms with van der Waals surface area (Å²) >= 11 is 9.40. The van der Waals surface area contributed by atoms with Crippen LogP contribution in [-0.4, -0.2) is 45.4 Å². The summed E-state index contributed by atoms with van der Waals surface area (Å²) in [5, 5.41) is 3.42. The summed E-state index contributed by atoms with van der Waals surface area (Å²) < 4.78 is 35.5. The van der Waals surface area contributed by atoms with Crippen molar-refractivity contribution in [1.29, 1.82) is 0 Å². The highest BCUT2D eigenvalue weighted by Crippen LogP contribution is 2.38. The molecule has 4 aromatic rings. The molecule has 0 bridgehead atoms. The van der Waals surface area contributed by atoms with Gasteiger partial charge >= 0.3 is 5.97 Å². The zero-order chi connectivity index (χ0) is 31.6. The number of rotatable bonds is 14. The molecule has 1 unspecified atom stereocenters. The summed E-state index contributed by atoms with van der Waals surface area (Å²) in [4.78, 5) is 19.3. The number of esters is 1. The van der Waals surface area contributed by atoms with E-state index in [0.29, 0.717) is 19.6 Å². The molecule has 1 aromatic heterocycles. The number of aromatic nitrogens is 1. The van der Waals surface area contributed by atoms with E-state index in [2.05, 4.69) is 26.1 Å². The van der Waals surface area contributed by atoms with Crippen LogP contribution in [0, 0.1) is 5.82 Å². The average Bonchev–Trinajstić information content (AvgIpc) is 3.06. The van der Waals surface area contributed by atoms with Gasteiger partial charge in [-0.3, -0.25) is 0 Å². The maximum absolute atomic E-state index is 14.2. The third-order valence-electron chi connectivity index (χ3n) is 6.97. The number of anilines is 1. The Morgan fingerprint density at radius 3 is 2.14 bits per heavy atom. The molecule has 0 amide bonds. The minimum absolute atomic E-state index is 0.0111. The molecule has 0 aliphatic carbocycles. The predicted octanol–water partition coefficient (Wildman–Crippen LogP) is 7.38. The second-order valence-electron chi connectivity index (χ2n) is 9.85. The SMILES string of the molecule is COC(=O)c1cc(F)c(Br)c(Cl)c1OCCNC(C)c1cccnc1N(Cc1ccc(OC)cc1)Cc1ccc(OC)cc1. The fourth-order valence-electron chi connectivity index (χ4n) is 4.64. The van der Waals surface area contributed by atoms with Crippen molar-refractivity contribution in [2.24, 2.45) is 0 Å². The van der Waals surface area contributed by atoms with Crippen molar-refractivity contribution in [3.8, 4) is 17.2 Å². The van der Waals surface area contributed by atoms with Gasteiger partial charge in [0.1, 0.15) is 40.3 Å². The van der Waals surface area contributed by atoms with Crippen LogP contribution in [0.25, 0.3) is 0 Å². The fraction of sp³-hybridized carbons (Fsp3) is 0.273. The Hall–Kier alpha value is -3.86. The predicted molar refractivity (Wildman–Crippen MR) is 172 cm³/mol. The lowest BCUT2D eigenvalue weighted by atomic mass is 10.1. The number of ether oxygens (including phenoxy) is 4. The van der Waals surface area contributed by atoms with Gasteiger partial charge in [0.25, 0.3) is 0 Å². The van der Waals surface area contributed by atoms with E-state index in [1.807, 2.05) is 67.6 Å². The number of carbonyl (C=O) groups excluding carboxylic acids is 1. The molecular formula is C33H34BrClFN3O5. The molecule has 3 aromatic carbocycles. The van der Waals surface area contributed by atoms with Crippen LogP contribution in [0.4, 0.5) is 10.2 Å². The zero-order valence-corrected chi connectivity index (χ0v) is 27.2. The molecule has 0 aliphatic rings. The number of nitrogens with zero attached hydrogens (tertiary/aromatic N) is 2. The van der Waals surface area contributed by atoms with Crippen molar-refractivity contribution in [2.45, 2.75) is 26.1 Å². The average molecular weight is 687 g/mol. The van der Waals surface area contributed by atoms with E-state index in [9.17, 15) is 9.18 Å². The van der Waals surface area contributed by atoms with Gasteiger partial charge in [-0.25, -0.2) is 14.2 Å². The Balaban J connectivity index is 1.52. The summed E-state index contributed by atoms with van der Waals surface area (Å²) in [7, 11) is 4.51. The Bertz CT molecular complexity index is 1510. The normalized spacial score (nSPS) is 11.5. The lowest BCUT2D eigenvalue weighted by molar-refractivity contribution is 0.0595. The van der Waals surface area contributed by atoms with E-state index < -0.39 is 11.8 Å². The first-order chi connectivity index (χ1) is 21.2. The van der Waals surface area contributed by atoms with Crippen molar-refractivity contribution in [2.75, 3.05) is 39.4 Å². The van der Waals surface area contributed by atoms with Crippen LogP contribution in [0.15, 0.2) is 77.4 Å². The Morgan fingerprint density at radius 2 is 1.59 bits per heavy atom. The molecule has 0 spiro atoms. The maximum atomic E-state index is 14.2. The summed E-state index contributed by atoms with van der Waals surface area (Å²) in [6.07, 6.45) is 1.78. The first-order valence-electron chi connectivity index (χ1n) is 13.8. The smallest absolute Gasteiger partial charge is 0.341 e. The molecule has 0 aliphatic heterocycles. The summed E-state index contributed by atoms with van der Waals surface area (Å²) in [6.45, 7) is 3.83. The molecule has 1 N–H and O–H groups in total. The minimum Gasteiger partial charge on any atom is -0.497 e. The highest BCUT2D eigenvalue weighted by Gasteiger charge is 2.23. The Morgan fingerprint density at radius 1 is 1.00 bits per heavy atom. The molecule has 4 rings (SSSR count). The van der Waals surface area contributed by atoms with Crippen LogP contribution < -0.4 is 24.4 Å². The van der Waals surface area contributed by atoms with Gasteiger partial charge in [0.05, 0.1) is 25.8 Å². The van der Waals surface area contributed by atoms with E-state index >= 15 is 0 Å². The van der Waals surface area contributed by atoms with Gasteiger partial charge in [-0.2, -0.15) is 0 Å². The highest BCUT2D eigenvalue weighted by molar-refractivity contribution is 9.10. The molecular weight excluding hydrogens is 653 g/mol. The largest absolute Gasteiger partial charge is 0.497 e. The molecule has 11 heteroatoms. The van der Waals surface area contributed by atoms with Crippen molar-refractivity contribution in [3.05, 3.63) is 110 Å². The van der Waals surface area contributed by atoms with Gasteiger partial charge in [0.15, 0.2) is 5.75 Å². The number of halogens is 3. The minimum atomic E-state index is -0.747. The van der Waals surface area contributed by atoms with Crippen LogP contribution in [-0.2, 0) is 17.8 Å². The molecule has 44 heavy (non-hydrogen) atoms. The topological polar surface area (TPSA) is 82.2 Å². The quantitative estimate of drug-likeness (QED) is 0.0837. The van der Waals surface area contributed by atoms with Crippen molar-refractivity contribution >= 4 is 39.3 Å². The van der Waals surface area contributed by atoms with Crippen LogP contribution >= 0.6 is 27.5 Å². The Kier molecular flexibility index (Phi) is 11.8. The molecule has 0 saturated carbocycles. The Labute approximate surface area is 270 Å². The van der Waals surface area contributed by atoms with Crippen LogP contribution in [0.3, 0.4) is 0 Å². The van der Waals surface area contributed by atoms with Crippen molar-refractivity contribution in [1.82, 2.24) is 10.3 Å². The first-order valence-corrected chi connectivity index (χ1v) is 15.0. The molecule has 0 fully saturated rings. The third kappa shape index (κ3) is 8.19. The molecule has 1 atom stereocenters. The van der Waals surface area contributed by atoms with Crippen molar-refractivity contribution < 1.29 is 28.1 Å². The highest BCUT2D eigenvalue weighted by atomic mass is 79.9. The van der Waals surface area contributed by atoms with E-state index in [1.165, 1.54) is 7.11 Å². The fourth-order valence-corrected chi connectivity index (χ4v) is 5.18.